The molecule has 1 atom stereocenters. The van der Waals surface area contributed by atoms with Crippen LogP contribution in [0.2, 0.25) is 0 Å². The number of nitrogens with one attached hydrogen (secondary N) is 2. The molecule has 1 aromatic heterocycles. The van der Waals surface area contributed by atoms with E-state index >= 15 is 0 Å². The van der Waals surface area contributed by atoms with E-state index in [2.05, 4.69) is 20.8 Å². The van der Waals surface area contributed by atoms with Crippen LogP contribution in [0.15, 0.2) is 59.1 Å². The van der Waals surface area contributed by atoms with Crippen molar-refractivity contribution in [3.63, 3.8) is 0 Å². The summed E-state index contributed by atoms with van der Waals surface area (Å²) in [5, 5.41) is 9.23. The van der Waals surface area contributed by atoms with Crippen molar-refractivity contribution in [3.8, 4) is 0 Å². The van der Waals surface area contributed by atoms with Gasteiger partial charge in [0.05, 0.1) is 6.54 Å². The molecule has 0 unspecified atom stereocenters. The molecule has 0 radical (unpaired) electrons. The zero-order chi connectivity index (χ0) is 20.9. The standard InChI is InChI=1S/C21H20FN5O3/c22-16-9-5-4-6-14(16)13-27-17(10-11-19(27)28)20-25-18(26-30-20)12-23-21(29)24-15-7-2-1-3-8-15/h1-9,17H,10-13H2,(H2,23,24,29)/t17-/m0/s1. The number of hydrogen-bond acceptors (Lipinski definition) is 5. The van der Waals surface area contributed by atoms with E-state index in [1.165, 1.54) is 6.07 Å². The van der Waals surface area contributed by atoms with E-state index in [0.717, 1.165) is 0 Å². The molecule has 1 aliphatic heterocycles. The first-order valence-electron chi connectivity index (χ1n) is 9.55. The maximum Gasteiger partial charge on any atom is 0.319 e. The van der Waals surface area contributed by atoms with Crippen LogP contribution < -0.4 is 10.6 Å². The number of aromatic nitrogens is 2. The van der Waals surface area contributed by atoms with E-state index < -0.39 is 12.1 Å². The summed E-state index contributed by atoms with van der Waals surface area (Å²) < 4.78 is 19.3. The molecule has 0 spiro atoms. The summed E-state index contributed by atoms with van der Waals surface area (Å²) in [5.41, 5.74) is 1.09. The zero-order valence-corrected chi connectivity index (χ0v) is 16.0. The molecule has 1 saturated heterocycles. The second-order valence-corrected chi connectivity index (χ2v) is 6.89. The number of carbonyl (C=O) groups excluding carboxylic acids is 2. The first-order valence-corrected chi connectivity index (χ1v) is 9.55. The lowest BCUT2D eigenvalue weighted by Gasteiger charge is -2.22. The molecule has 1 aliphatic rings. The Morgan fingerprint density at radius 2 is 1.93 bits per heavy atom. The fourth-order valence-electron chi connectivity index (χ4n) is 3.33. The lowest BCUT2D eigenvalue weighted by molar-refractivity contribution is -0.130. The Labute approximate surface area is 172 Å². The number of amides is 3. The van der Waals surface area contributed by atoms with Crippen LogP contribution in [-0.4, -0.2) is 27.0 Å². The molecule has 2 aromatic carbocycles. The van der Waals surface area contributed by atoms with E-state index in [-0.39, 0.29) is 30.7 Å². The van der Waals surface area contributed by atoms with Gasteiger partial charge in [-0.1, -0.05) is 41.6 Å². The number of benzene rings is 2. The van der Waals surface area contributed by atoms with Gasteiger partial charge in [-0.2, -0.15) is 4.98 Å². The van der Waals surface area contributed by atoms with Gasteiger partial charge in [0.2, 0.25) is 11.8 Å². The lowest BCUT2D eigenvalue weighted by atomic mass is 10.1. The highest BCUT2D eigenvalue weighted by atomic mass is 19.1. The Hall–Kier alpha value is -3.75. The first-order chi connectivity index (χ1) is 14.6. The predicted octanol–water partition coefficient (Wildman–Crippen LogP) is 3.39. The number of para-hydroxylation sites is 1. The van der Waals surface area contributed by atoms with Crippen LogP contribution >= 0.6 is 0 Å². The molecule has 9 heteroatoms. The molecule has 30 heavy (non-hydrogen) atoms. The number of urea groups is 1. The van der Waals surface area contributed by atoms with Crippen molar-refractivity contribution in [3.05, 3.63) is 77.7 Å². The summed E-state index contributed by atoms with van der Waals surface area (Å²) in [6.45, 7) is 0.196. The largest absolute Gasteiger partial charge is 0.337 e. The maximum atomic E-state index is 14.0. The van der Waals surface area contributed by atoms with Crippen molar-refractivity contribution in [2.45, 2.75) is 32.0 Å². The number of nitrogens with zero attached hydrogens (tertiary/aromatic N) is 3. The Balaban J connectivity index is 1.38. The number of likely N-dealkylation sites (tertiary alicyclic amines) is 1. The summed E-state index contributed by atoms with van der Waals surface area (Å²) in [6.07, 6.45) is 0.839. The van der Waals surface area contributed by atoms with E-state index in [1.54, 1.807) is 35.2 Å². The number of anilines is 1. The molecule has 0 bridgehead atoms. The van der Waals surface area contributed by atoms with Crippen molar-refractivity contribution in [2.24, 2.45) is 0 Å². The van der Waals surface area contributed by atoms with E-state index in [1.807, 2.05) is 18.2 Å². The van der Waals surface area contributed by atoms with Gasteiger partial charge in [-0.15, -0.1) is 0 Å². The Bertz CT molecular complexity index is 1040. The highest BCUT2D eigenvalue weighted by Crippen LogP contribution is 2.33. The number of hydrogen-bond donors (Lipinski definition) is 2. The quantitative estimate of drug-likeness (QED) is 0.650. The monoisotopic (exact) mass is 409 g/mol. The number of halogens is 1. The summed E-state index contributed by atoms with van der Waals surface area (Å²) in [4.78, 5) is 30.2. The van der Waals surface area contributed by atoms with E-state index in [9.17, 15) is 14.0 Å². The molecule has 3 aromatic rings. The van der Waals surface area contributed by atoms with Gasteiger partial charge >= 0.3 is 6.03 Å². The van der Waals surface area contributed by atoms with Crippen LogP contribution in [0.25, 0.3) is 0 Å². The summed E-state index contributed by atoms with van der Waals surface area (Å²) in [7, 11) is 0. The maximum absolute atomic E-state index is 14.0. The van der Waals surface area contributed by atoms with E-state index in [4.69, 9.17) is 4.52 Å². The van der Waals surface area contributed by atoms with Crippen LogP contribution in [0.5, 0.6) is 0 Å². The highest BCUT2D eigenvalue weighted by Gasteiger charge is 2.36. The first kappa shape index (κ1) is 19.6. The van der Waals surface area contributed by atoms with Gasteiger partial charge in [-0.3, -0.25) is 4.79 Å². The fourth-order valence-corrected chi connectivity index (χ4v) is 3.33. The van der Waals surface area contributed by atoms with Crippen molar-refractivity contribution in [2.75, 3.05) is 5.32 Å². The van der Waals surface area contributed by atoms with Gasteiger partial charge in [-0.25, -0.2) is 9.18 Å². The van der Waals surface area contributed by atoms with Crippen molar-refractivity contribution >= 4 is 17.6 Å². The predicted molar refractivity (Wildman–Crippen MR) is 106 cm³/mol. The number of rotatable bonds is 6. The molecule has 4 rings (SSSR count). The van der Waals surface area contributed by atoms with Gasteiger partial charge < -0.3 is 20.1 Å². The SMILES string of the molecule is O=C(NCc1noc([C@@H]2CCC(=O)N2Cc2ccccc2F)n1)Nc1ccccc1. The molecule has 2 N–H and O–H groups in total. The molecular weight excluding hydrogens is 389 g/mol. The van der Waals surface area contributed by atoms with Crippen LogP contribution in [0.1, 0.15) is 36.2 Å². The van der Waals surface area contributed by atoms with Crippen LogP contribution in [-0.2, 0) is 17.9 Å². The highest BCUT2D eigenvalue weighted by molar-refractivity contribution is 5.89. The third-order valence-electron chi connectivity index (χ3n) is 4.83. The number of carbonyl (C=O) groups is 2. The molecule has 3 amide bonds. The van der Waals surface area contributed by atoms with Gasteiger partial charge in [-0.05, 0) is 24.6 Å². The second kappa shape index (κ2) is 8.73. The summed E-state index contributed by atoms with van der Waals surface area (Å²) in [6, 6.07) is 14.6. The Kier molecular flexibility index (Phi) is 5.69. The van der Waals surface area contributed by atoms with E-state index in [0.29, 0.717) is 29.9 Å². The summed E-state index contributed by atoms with van der Waals surface area (Å²) in [5.74, 6) is 0.107. The molecule has 0 saturated carbocycles. The average molecular weight is 409 g/mol. The average Bonchev–Trinajstić information content (AvgIpc) is 3.36. The Morgan fingerprint density at radius 1 is 1.17 bits per heavy atom. The van der Waals surface area contributed by atoms with Crippen LogP contribution in [0.3, 0.4) is 0 Å². The second-order valence-electron chi connectivity index (χ2n) is 6.89. The smallest absolute Gasteiger partial charge is 0.319 e. The third kappa shape index (κ3) is 4.45. The molecule has 2 heterocycles. The minimum absolute atomic E-state index is 0.0656. The van der Waals surface area contributed by atoms with Crippen molar-refractivity contribution in [1.29, 1.82) is 0 Å². The van der Waals surface area contributed by atoms with Gasteiger partial charge in [0, 0.05) is 24.2 Å². The topological polar surface area (TPSA) is 100 Å². The van der Waals surface area contributed by atoms with Crippen molar-refractivity contribution in [1.82, 2.24) is 20.4 Å². The fraction of sp³-hybridized carbons (Fsp3) is 0.238. The zero-order valence-electron chi connectivity index (χ0n) is 16.0. The summed E-state index contributed by atoms with van der Waals surface area (Å²) >= 11 is 0. The lowest BCUT2D eigenvalue weighted by Crippen LogP contribution is -2.29. The van der Waals surface area contributed by atoms with Crippen LogP contribution in [0, 0.1) is 5.82 Å². The minimum atomic E-state index is -0.420. The van der Waals surface area contributed by atoms with Crippen LogP contribution in [0.4, 0.5) is 14.9 Å². The molecule has 0 aliphatic carbocycles. The molecule has 154 valence electrons. The molecule has 8 nitrogen and oxygen atoms in total. The van der Waals surface area contributed by atoms with Crippen molar-refractivity contribution < 1.29 is 18.5 Å². The minimum Gasteiger partial charge on any atom is -0.337 e. The third-order valence-corrected chi connectivity index (χ3v) is 4.83. The van der Waals surface area contributed by atoms with Gasteiger partial charge in [0.25, 0.3) is 0 Å². The normalized spacial score (nSPS) is 16.0. The Morgan fingerprint density at radius 3 is 2.73 bits per heavy atom. The molecule has 1 fully saturated rings. The van der Waals surface area contributed by atoms with Gasteiger partial charge in [0.15, 0.2) is 5.82 Å². The molecular formula is C21H20FN5O3. The van der Waals surface area contributed by atoms with Gasteiger partial charge in [0.1, 0.15) is 11.9 Å².